The summed E-state index contributed by atoms with van der Waals surface area (Å²) in [4.78, 5) is 14.4. The molecule has 3 aliphatic heterocycles. The Labute approximate surface area is 146 Å². The number of amides is 2. The minimum absolute atomic E-state index is 0.0170. The van der Waals surface area contributed by atoms with Gasteiger partial charge in [-0.25, -0.2) is 4.79 Å². The third kappa shape index (κ3) is 2.59. The lowest BCUT2D eigenvalue weighted by Crippen LogP contribution is -2.50. The van der Waals surface area contributed by atoms with Crippen LogP contribution in [0.15, 0.2) is 30.3 Å². The summed E-state index contributed by atoms with van der Waals surface area (Å²) in [5, 5.41) is 11.8. The van der Waals surface area contributed by atoms with Crippen LogP contribution in [0.1, 0.15) is 25.1 Å². The van der Waals surface area contributed by atoms with Crippen LogP contribution in [0.25, 0.3) is 11.4 Å². The van der Waals surface area contributed by atoms with Crippen LogP contribution in [-0.4, -0.2) is 50.5 Å². The van der Waals surface area contributed by atoms with Crippen molar-refractivity contribution in [2.45, 2.75) is 50.6 Å². The Hall–Kier alpha value is -2.41. The first-order chi connectivity index (χ1) is 12.3. The molecule has 0 aliphatic carbocycles. The minimum Gasteiger partial charge on any atom is -0.373 e. The number of carbonyl (C=O) groups is 1. The summed E-state index contributed by atoms with van der Waals surface area (Å²) in [6.45, 7) is 1.87. The van der Waals surface area contributed by atoms with E-state index in [1.807, 2.05) is 35.2 Å². The highest BCUT2D eigenvalue weighted by atomic mass is 16.5. The van der Waals surface area contributed by atoms with Gasteiger partial charge in [-0.05, 0) is 19.3 Å². The molecular weight excluding hydrogens is 318 g/mol. The topological polar surface area (TPSA) is 72.3 Å². The van der Waals surface area contributed by atoms with E-state index in [-0.39, 0.29) is 18.2 Å². The Morgan fingerprint density at radius 2 is 2.04 bits per heavy atom. The summed E-state index contributed by atoms with van der Waals surface area (Å²) < 4.78 is 7.93. The first-order valence-corrected chi connectivity index (χ1v) is 8.96. The zero-order chi connectivity index (χ0) is 16.8. The highest BCUT2D eigenvalue weighted by Gasteiger charge is 2.42. The Balaban J connectivity index is 1.28. The molecule has 7 nitrogen and oxygen atoms in total. The predicted octanol–water partition coefficient (Wildman–Crippen LogP) is 1.79. The van der Waals surface area contributed by atoms with Crippen LogP contribution in [0, 0.1) is 0 Å². The van der Waals surface area contributed by atoms with Crippen LogP contribution >= 0.6 is 0 Å². The van der Waals surface area contributed by atoms with Crippen LogP contribution < -0.4 is 5.32 Å². The molecule has 25 heavy (non-hydrogen) atoms. The van der Waals surface area contributed by atoms with Crippen LogP contribution in [-0.2, 0) is 17.8 Å². The number of rotatable bonds is 2. The van der Waals surface area contributed by atoms with Gasteiger partial charge in [0.1, 0.15) is 0 Å². The number of fused-ring (bicyclic) bond motifs is 3. The first kappa shape index (κ1) is 14.9. The highest BCUT2D eigenvalue weighted by Crippen LogP contribution is 2.34. The van der Waals surface area contributed by atoms with E-state index in [0.717, 1.165) is 36.5 Å². The van der Waals surface area contributed by atoms with Crippen molar-refractivity contribution in [2.75, 3.05) is 6.54 Å². The molecule has 130 valence electrons. The summed E-state index contributed by atoms with van der Waals surface area (Å²) in [6.07, 6.45) is 3.68. The molecule has 0 radical (unpaired) electrons. The minimum atomic E-state index is -0.0170. The van der Waals surface area contributed by atoms with E-state index < -0.39 is 0 Å². The number of ether oxygens (including phenoxy) is 1. The quantitative estimate of drug-likeness (QED) is 0.905. The second-order valence-electron chi connectivity index (χ2n) is 7.04. The number of nitrogens with zero attached hydrogens (tertiary/aromatic N) is 4. The van der Waals surface area contributed by atoms with Crippen molar-refractivity contribution in [3.8, 4) is 11.4 Å². The number of aromatic nitrogens is 3. The SMILES string of the molecule is O=C(NC1CC2CCC1O2)N1CCn2c(nnc2-c2ccccc2)C1. The summed E-state index contributed by atoms with van der Waals surface area (Å²) in [5.74, 6) is 1.71. The maximum atomic E-state index is 12.6. The van der Waals surface area contributed by atoms with Crippen molar-refractivity contribution in [2.24, 2.45) is 0 Å². The van der Waals surface area contributed by atoms with Crippen molar-refractivity contribution >= 4 is 6.03 Å². The molecule has 1 aromatic carbocycles. The van der Waals surface area contributed by atoms with Gasteiger partial charge in [0.05, 0.1) is 24.8 Å². The van der Waals surface area contributed by atoms with E-state index in [9.17, 15) is 4.79 Å². The van der Waals surface area contributed by atoms with Gasteiger partial charge in [0.15, 0.2) is 11.6 Å². The lowest BCUT2D eigenvalue weighted by Gasteiger charge is -2.30. The molecule has 2 saturated heterocycles. The Kier molecular flexibility index (Phi) is 3.48. The average molecular weight is 339 g/mol. The van der Waals surface area contributed by atoms with Crippen molar-refractivity contribution in [1.82, 2.24) is 25.0 Å². The van der Waals surface area contributed by atoms with Gasteiger partial charge >= 0.3 is 6.03 Å². The van der Waals surface area contributed by atoms with Crippen molar-refractivity contribution in [1.29, 1.82) is 0 Å². The van der Waals surface area contributed by atoms with Gasteiger partial charge in [-0.1, -0.05) is 30.3 Å². The Bertz CT molecular complexity index is 790. The monoisotopic (exact) mass is 339 g/mol. The molecule has 7 heteroatoms. The fourth-order valence-electron chi connectivity index (χ4n) is 4.17. The summed E-state index contributed by atoms with van der Waals surface area (Å²) in [6, 6.07) is 10.2. The van der Waals surface area contributed by atoms with Gasteiger partial charge in [0, 0.05) is 18.7 Å². The summed E-state index contributed by atoms with van der Waals surface area (Å²) >= 11 is 0. The fraction of sp³-hybridized carbons (Fsp3) is 0.500. The molecule has 5 rings (SSSR count). The highest BCUT2D eigenvalue weighted by molar-refractivity contribution is 5.74. The molecular formula is C18H21N5O2. The lowest BCUT2D eigenvalue weighted by molar-refractivity contribution is 0.0965. The summed E-state index contributed by atoms with van der Waals surface area (Å²) in [7, 11) is 0. The molecule has 2 amide bonds. The Morgan fingerprint density at radius 3 is 2.80 bits per heavy atom. The lowest BCUT2D eigenvalue weighted by atomic mass is 9.96. The number of hydrogen-bond acceptors (Lipinski definition) is 4. The van der Waals surface area contributed by atoms with Gasteiger partial charge in [-0.2, -0.15) is 0 Å². The van der Waals surface area contributed by atoms with Crippen molar-refractivity contribution < 1.29 is 9.53 Å². The number of hydrogen-bond donors (Lipinski definition) is 1. The molecule has 4 heterocycles. The average Bonchev–Trinajstić information content (AvgIpc) is 3.37. The number of carbonyl (C=O) groups excluding carboxylic acids is 1. The molecule has 1 aromatic heterocycles. The number of nitrogens with one attached hydrogen (secondary N) is 1. The third-order valence-electron chi connectivity index (χ3n) is 5.49. The first-order valence-electron chi connectivity index (χ1n) is 8.96. The number of benzene rings is 1. The van der Waals surface area contributed by atoms with E-state index in [1.165, 1.54) is 0 Å². The summed E-state index contributed by atoms with van der Waals surface area (Å²) in [5.41, 5.74) is 1.05. The molecule has 3 aliphatic rings. The maximum absolute atomic E-state index is 12.6. The van der Waals surface area contributed by atoms with Gasteiger partial charge in [0.2, 0.25) is 0 Å². The van der Waals surface area contributed by atoms with Crippen LogP contribution in [0.2, 0.25) is 0 Å². The van der Waals surface area contributed by atoms with E-state index in [2.05, 4.69) is 20.1 Å². The van der Waals surface area contributed by atoms with Crippen molar-refractivity contribution in [3.05, 3.63) is 36.2 Å². The standard InChI is InChI=1S/C18H21N5O2/c24-18(19-14-10-13-6-7-15(14)25-13)22-8-9-23-16(11-22)20-21-17(23)12-4-2-1-3-5-12/h1-5,13-15H,6-11H2,(H,19,24). The smallest absolute Gasteiger partial charge is 0.318 e. The second kappa shape index (κ2) is 5.84. The van der Waals surface area contributed by atoms with Gasteiger partial charge < -0.3 is 19.5 Å². The zero-order valence-corrected chi connectivity index (χ0v) is 14.0. The largest absolute Gasteiger partial charge is 0.373 e. The molecule has 2 aromatic rings. The third-order valence-corrected chi connectivity index (χ3v) is 5.49. The molecule has 2 fully saturated rings. The van der Waals surface area contributed by atoms with Crippen LogP contribution in [0.3, 0.4) is 0 Å². The van der Waals surface area contributed by atoms with E-state index in [1.54, 1.807) is 0 Å². The fourth-order valence-corrected chi connectivity index (χ4v) is 4.17. The van der Waals surface area contributed by atoms with E-state index >= 15 is 0 Å². The second-order valence-corrected chi connectivity index (χ2v) is 7.04. The van der Waals surface area contributed by atoms with Gasteiger partial charge in [0.25, 0.3) is 0 Å². The molecule has 0 spiro atoms. The van der Waals surface area contributed by atoms with Gasteiger partial charge in [-0.3, -0.25) is 0 Å². The van der Waals surface area contributed by atoms with Crippen molar-refractivity contribution in [3.63, 3.8) is 0 Å². The predicted molar refractivity (Wildman–Crippen MR) is 90.7 cm³/mol. The van der Waals surface area contributed by atoms with E-state index in [4.69, 9.17) is 4.74 Å². The Morgan fingerprint density at radius 1 is 1.16 bits per heavy atom. The van der Waals surface area contributed by atoms with E-state index in [0.29, 0.717) is 25.7 Å². The molecule has 1 N–H and O–H groups in total. The molecule has 0 saturated carbocycles. The van der Waals surface area contributed by atoms with Crippen LogP contribution in [0.5, 0.6) is 0 Å². The molecule has 3 unspecified atom stereocenters. The van der Waals surface area contributed by atoms with Crippen LogP contribution in [0.4, 0.5) is 4.79 Å². The molecule has 3 atom stereocenters. The maximum Gasteiger partial charge on any atom is 0.318 e. The van der Waals surface area contributed by atoms with Gasteiger partial charge in [-0.15, -0.1) is 10.2 Å². The molecule has 2 bridgehead atoms. The normalized spacial score (nSPS) is 27.4. The number of urea groups is 1. The zero-order valence-electron chi connectivity index (χ0n) is 14.0.